The predicted molar refractivity (Wildman–Crippen MR) is 78.3 cm³/mol. The van der Waals surface area contributed by atoms with Crippen LogP contribution in [-0.2, 0) is 9.59 Å². The molecule has 132 valence electrons. The Bertz CT molecular complexity index is 434. The third-order valence-electron chi connectivity index (χ3n) is 4.84. The summed E-state index contributed by atoms with van der Waals surface area (Å²) in [6.07, 6.45) is -2.07. The van der Waals surface area contributed by atoms with Gasteiger partial charge in [-0.1, -0.05) is 6.42 Å². The lowest BCUT2D eigenvalue weighted by Crippen LogP contribution is -2.49. The smallest absolute Gasteiger partial charge is 0.353 e. The molecule has 1 saturated carbocycles. The molecule has 0 aromatic rings. The predicted octanol–water partition coefficient (Wildman–Crippen LogP) is 1.42. The van der Waals surface area contributed by atoms with E-state index >= 15 is 0 Å². The van der Waals surface area contributed by atoms with Gasteiger partial charge in [-0.05, 0) is 38.1 Å². The van der Waals surface area contributed by atoms with Crippen molar-refractivity contribution in [2.24, 2.45) is 17.6 Å². The normalized spacial score (nSPS) is 26.3. The van der Waals surface area contributed by atoms with E-state index in [0.717, 1.165) is 19.3 Å². The van der Waals surface area contributed by atoms with Crippen molar-refractivity contribution < 1.29 is 22.8 Å². The monoisotopic (exact) mass is 335 g/mol. The SMILES string of the molecule is NC[C@H]1CCC[C@H]1C(=O)NC1CCN(C(=O)CC(F)(F)F)CC1. The molecule has 2 aliphatic rings. The molecule has 1 aliphatic heterocycles. The first-order chi connectivity index (χ1) is 10.8. The van der Waals surface area contributed by atoms with E-state index in [9.17, 15) is 22.8 Å². The second kappa shape index (κ2) is 7.51. The average Bonchev–Trinajstić information content (AvgIpc) is 2.94. The topological polar surface area (TPSA) is 75.4 Å². The van der Waals surface area contributed by atoms with E-state index < -0.39 is 18.5 Å². The summed E-state index contributed by atoms with van der Waals surface area (Å²) < 4.78 is 36.7. The summed E-state index contributed by atoms with van der Waals surface area (Å²) in [5.74, 6) is -0.715. The van der Waals surface area contributed by atoms with Gasteiger partial charge in [-0.3, -0.25) is 9.59 Å². The van der Waals surface area contributed by atoms with E-state index in [1.165, 1.54) is 4.90 Å². The summed E-state index contributed by atoms with van der Waals surface area (Å²) in [4.78, 5) is 25.1. The molecule has 5 nitrogen and oxygen atoms in total. The molecule has 2 atom stereocenters. The van der Waals surface area contributed by atoms with Gasteiger partial charge in [0.1, 0.15) is 6.42 Å². The van der Waals surface area contributed by atoms with Crippen LogP contribution in [0.3, 0.4) is 0 Å². The van der Waals surface area contributed by atoms with Gasteiger partial charge >= 0.3 is 6.18 Å². The highest BCUT2D eigenvalue weighted by atomic mass is 19.4. The van der Waals surface area contributed by atoms with Crippen molar-refractivity contribution in [2.45, 2.75) is 50.7 Å². The molecule has 0 radical (unpaired) electrons. The Labute approximate surface area is 133 Å². The molecule has 0 bridgehead atoms. The highest BCUT2D eigenvalue weighted by Gasteiger charge is 2.36. The number of amides is 2. The average molecular weight is 335 g/mol. The first-order valence-corrected chi connectivity index (χ1v) is 8.15. The van der Waals surface area contributed by atoms with E-state index in [2.05, 4.69) is 5.32 Å². The molecular formula is C15H24F3N3O2. The summed E-state index contributed by atoms with van der Waals surface area (Å²) in [7, 11) is 0. The Hall–Kier alpha value is -1.31. The van der Waals surface area contributed by atoms with Crippen LogP contribution in [0.15, 0.2) is 0 Å². The Balaban J connectivity index is 1.76. The van der Waals surface area contributed by atoms with Crippen LogP contribution in [0.5, 0.6) is 0 Å². The van der Waals surface area contributed by atoms with Crippen LogP contribution < -0.4 is 11.1 Å². The molecule has 3 N–H and O–H groups in total. The molecule has 2 fully saturated rings. The van der Waals surface area contributed by atoms with Crippen molar-refractivity contribution in [1.29, 1.82) is 0 Å². The van der Waals surface area contributed by atoms with Crippen LogP contribution in [0, 0.1) is 11.8 Å². The van der Waals surface area contributed by atoms with Crippen LogP contribution >= 0.6 is 0 Å². The number of carbonyl (C=O) groups excluding carboxylic acids is 2. The molecule has 0 spiro atoms. The van der Waals surface area contributed by atoms with Crippen molar-refractivity contribution in [2.75, 3.05) is 19.6 Å². The van der Waals surface area contributed by atoms with Gasteiger partial charge in [0, 0.05) is 25.0 Å². The van der Waals surface area contributed by atoms with Gasteiger partial charge in [-0.25, -0.2) is 0 Å². The number of nitrogens with zero attached hydrogens (tertiary/aromatic N) is 1. The number of piperidine rings is 1. The minimum atomic E-state index is -4.47. The standard InChI is InChI=1S/C15H24F3N3O2/c16-15(17,18)8-13(22)21-6-4-11(5-7-21)20-14(23)12-3-1-2-10(12)9-19/h10-12H,1-9,19H2,(H,20,23)/t10-,12-/m1/s1. The third-order valence-corrected chi connectivity index (χ3v) is 4.84. The van der Waals surface area contributed by atoms with Gasteiger partial charge in [0.25, 0.3) is 0 Å². The third kappa shape index (κ3) is 5.09. The van der Waals surface area contributed by atoms with Crippen LogP contribution in [0.1, 0.15) is 38.5 Å². The number of nitrogens with one attached hydrogen (secondary N) is 1. The number of nitrogens with two attached hydrogens (primary N) is 1. The van der Waals surface area contributed by atoms with E-state index in [4.69, 9.17) is 5.73 Å². The van der Waals surface area contributed by atoms with Gasteiger partial charge in [0.2, 0.25) is 11.8 Å². The zero-order valence-electron chi connectivity index (χ0n) is 13.1. The molecule has 0 aromatic heterocycles. The molecule has 2 rings (SSSR count). The molecule has 23 heavy (non-hydrogen) atoms. The Kier molecular flexibility index (Phi) is 5.89. The summed E-state index contributed by atoms with van der Waals surface area (Å²) in [6, 6.07) is -0.0727. The van der Waals surface area contributed by atoms with E-state index in [1.54, 1.807) is 0 Å². The first kappa shape index (κ1) is 18.0. The van der Waals surface area contributed by atoms with Gasteiger partial charge in [0.05, 0.1) is 0 Å². The maximum atomic E-state index is 12.3. The van der Waals surface area contributed by atoms with Crippen LogP contribution in [0.25, 0.3) is 0 Å². The zero-order chi connectivity index (χ0) is 17.0. The summed E-state index contributed by atoms with van der Waals surface area (Å²) in [5.41, 5.74) is 5.68. The molecule has 0 unspecified atom stereocenters. The van der Waals surface area contributed by atoms with Crippen LogP contribution in [-0.4, -0.2) is 48.6 Å². The summed E-state index contributed by atoms with van der Waals surface area (Å²) in [5, 5.41) is 2.98. The number of carbonyl (C=O) groups is 2. The van der Waals surface area contributed by atoms with Gasteiger partial charge < -0.3 is 16.0 Å². The quantitative estimate of drug-likeness (QED) is 0.816. The second-order valence-corrected chi connectivity index (χ2v) is 6.49. The number of hydrogen-bond acceptors (Lipinski definition) is 3. The van der Waals surface area contributed by atoms with E-state index in [-0.39, 0.29) is 36.9 Å². The van der Waals surface area contributed by atoms with Crippen LogP contribution in [0.2, 0.25) is 0 Å². The fourth-order valence-electron chi connectivity index (χ4n) is 3.53. The highest BCUT2D eigenvalue weighted by molar-refractivity contribution is 5.80. The lowest BCUT2D eigenvalue weighted by molar-refractivity contribution is -0.162. The number of hydrogen-bond donors (Lipinski definition) is 2. The molecule has 1 aliphatic carbocycles. The molecule has 1 heterocycles. The van der Waals surface area contributed by atoms with Crippen molar-refractivity contribution in [3.05, 3.63) is 0 Å². The molecule has 0 aromatic carbocycles. The van der Waals surface area contributed by atoms with Crippen LogP contribution in [0.4, 0.5) is 13.2 Å². The first-order valence-electron chi connectivity index (χ1n) is 8.15. The number of alkyl halides is 3. The zero-order valence-corrected chi connectivity index (χ0v) is 13.1. The lowest BCUT2D eigenvalue weighted by atomic mass is 9.94. The minimum Gasteiger partial charge on any atom is -0.353 e. The fourth-order valence-corrected chi connectivity index (χ4v) is 3.53. The van der Waals surface area contributed by atoms with Crippen molar-refractivity contribution >= 4 is 11.8 Å². The Morgan fingerprint density at radius 1 is 1.13 bits per heavy atom. The minimum absolute atomic E-state index is 0.00184. The molecular weight excluding hydrogens is 311 g/mol. The summed E-state index contributed by atoms with van der Waals surface area (Å²) >= 11 is 0. The maximum absolute atomic E-state index is 12.3. The lowest BCUT2D eigenvalue weighted by Gasteiger charge is -2.33. The maximum Gasteiger partial charge on any atom is 0.397 e. The van der Waals surface area contributed by atoms with Gasteiger partial charge in [0.15, 0.2) is 0 Å². The largest absolute Gasteiger partial charge is 0.397 e. The number of halogens is 3. The molecule has 1 saturated heterocycles. The van der Waals surface area contributed by atoms with Gasteiger partial charge in [-0.15, -0.1) is 0 Å². The van der Waals surface area contributed by atoms with Crippen molar-refractivity contribution in [3.63, 3.8) is 0 Å². The van der Waals surface area contributed by atoms with Crippen molar-refractivity contribution in [3.8, 4) is 0 Å². The highest BCUT2D eigenvalue weighted by Crippen LogP contribution is 2.31. The summed E-state index contributed by atoms with van der Waals surface area (Å²) in [6.45, 7) is 1.01. The molecule has 8 heteroatoms. The fraction of sp³-hybridized carbons (Fsp3) is 0.867. The van der Waals surface area contributed by atoms with Gasteiger partial charge in [-0.2, -0.15) is 13.2 Å². The second-order valence-electron chi connectivity index (χ2n) is 6.49. The number of rotatable bonds is 4. The Morgan fingerprint density at radius 3 is 2.35 bits per heavy atom. The number of likely N-dealkylation sites (tertiary alicyclic amines) is 1. The molecule has 2 amide bonds. The van der Waals surface area contributed by atoms with E-state index in [0.29, 0.717) is 19.4 Å². The Morgan fingerprint density at radius 2 is 1.78 bits per heavy atom. The van der Waals surface area contributed by atoms with E-state index in [1.807, 2.05) is 0 Å². The van der Waals surface area contributed by atoms with Crippen molar-refractivity contribution in [1.82, 2.24) is 10.2 Å².